The van der Waals surface area contributed by atoms with Gasteiger partial charge < -0.3 is 5.32 Å². The van der Waals surface area contributed by atoms with Crippen molar-refractivity contribution in [2.75, 3.05) is 17.6 Å². The number of hydrogen-bond acceptors (Lipinski definition) is 3. The molecule has 0 atom stereocenters. The normalized spacial score (nSPS) is 11.3. The largest absolute Gasteiger partial charge is 0.383 e. The number of nitrogens with one attached hydrogen (secondary N) is 1. The number of para-hydroxylation sites is 1. The molecule has 2 aromatic rings. The summed E-state index contributed by atoms with van der Waals surface area (Å²) < 4.78 is 25.3. The van der Waals surface area contributed by atoms with Crippen LogP contribution in [0.1, 0.15) is 5.56 Å². The lowest BCUT2D eigenvalue weighted by Crippen LogP contribution is -2.16. The smallest absolute Gasteiger partial charge is 0.180 e. The topological polar surface area (TPSA) is 46.2 Å². The van der Waals surface area contributed by atoms with Crippen LogP contribution in [0.25, 0.3) is 0 Å². The maximum atomic E-state index is 12.2. The molecule has 1 N–H and O–H groups in total. The second kappa shape index (κ2) is 6.41. The van der Waals surface area contributed by atoms with Crippen LogP contribution < -0.4 is 5.32 Å². The number of hydrogen-bond donors (Lipinski definition) is 1. The fourth-order valence-corrected chi connectivity index (χ4v) is 3.37. The van der Waals surface area contributed by atoms with Crippen LogP contribution in [0.2, 0.25) is 0 Å². The Bertz CT molecular complexity index is 681. The monoisotopic (exact) mass is 353 g/mol. The first-order chi connectivity index (χ1) is 9.49. The summed E-state index contributed by atoms with van der Waals surface area (Å²) in [6.45, 7) is 2.31. The van der Waals surface area contributed by atoms with Crippen LogP contribution in [-0.4, -0.2) is 20.7 Å². The van der Waals surface area contributed by atoms with Gasteiger partial charge in [-0.05, 0) is 47.1 Å². The van der Waals surface area contributed by atoms with Crippen molar-refractivity contribution >= 4 is 31.5 Å². The average molecular weight is 354 g/mol. The Morgan fingerprint density at radius 1 is 1.05 bits per heavy atom. The van der Waals surface area contributed by atoms with E-state index in [0.717, 1.165) is 15.7 Å². The van der Waals surface area contributed by atoms with Gasteiger partial charge in [-0.3, -0.25) is 0 Å². The number of anilines is 1. The maximum absolute atomic E-state index is 12.2. The Balaban J connectivity index is 2.00. The number of sulfone groups is 1. The number of aryl methyl sites for hydroxylation is 1. The van der Waals surface area contributed by atoms with Gasteiger partial charge in [0.2, 0.25) is 0 Å². The minimum atomic E-state index is -3.24. The summed E-state index contributed by atoms with van der Waals surface area (Å²) in [6, 6.07) is 14.6. The zero-order valence-corrected chi connectivity index (χ0v) is 13.5. The van der Waals surface area contributed by atoms with Gasteiger partial charge in [0.25, 0.3) is 0 Å². The Morgan fingerprint density at radius 3 is 2.35 bits per heavy atom. The Labute approximate surface area is 128 Å². The van der Waals surface area contributed by atoms with Gasteiger partial charge >= 0.3 is 0 Å². The lowest BCUT2D eigenvalue weighted by Gasteiger charge is -2.09. The predicted molar refractivity (Wildman–Crippen MR) is 85.9 cm³/mol. The molecule has 20 heavy (non-hydrogen) atoms. The first-order valence-electron chi connectivity index (χ1n) is 6.27. The van der Waals surface area contributed by atoms with Gasteiger partial charge in [-0.15, -0.1) is 0 Å². The van der Waals surface area contributed by atoms with E-state index in [1.54, 1.807) is 12.1 Å². The summed E-state index contributed by atoms with van der Waals surface area (Å²) in [5, 5.41) is 3.12. The van der Waals surface area contributed by atoms with E-state index in [9.17, 15) is 8.42 Å². The van der Waals surface area contributed by atoms with Crippen LogP contribution in [0.15, 0.2) is 57.9 Å². The van der Waals surface area contributed by atoms with Crippen LogP contribution in [0.3, 0.4) is 0 Å². The summed E-state index contributed by atoms with van der Waals surface area (Å²) in [4.78, 5) is 0.372. The summed E-state index contributed by atoms with van der Waals surface area (Å²) in [5.74, 6) is 0.0669. The first-order valence-corrected chi connectivity index (χ1v) is 8.71. The quantitative estimate of drug-likeness (QED) is 0.892. The van der Waals surface area contributed by atoms with Crippen molar-refractivity contribution in [3.05, 3.63) is 58.6 Å². The van der Waals surface area contributed by atoms with E-state index < -0.39 is 9.84 Å². The number of rotatable bonds is 5. The molecule has 0 fully saturated rings. The molecule has 0 bridgehead atoms. The molecule has 0 aliphatic heterocycles. The molecule has 0 amide bonds. The number of benzene rings is 2. The molecule has 106 valence electrons. The summed E-state index contributed by atoms with van der Waals surface area (Å²) in [5.41, 5.74) is 1.95. The zero-order chi connectivity index (χ0) is 14.6. The fraction of sp³-hybridized carbons (Fsp3) is 0.200. The molecule has 0 aliphatic rings. The second-order valence-corrected chi connectivity index (χ2v) is 7.50. The standard InChI is InChI=1S/C15H16BrNO2S/c1-12-6-8-13(9-7-12)20(18,19)11-10-17-15-5-3-2-4-14(15)16/h2-9,17H,10-11H2,1H3. The van der Waals surface area contributed by atoms with Crippen molar-refractivity contribution < 1.29 is 8.42 Å². The first kappa shape index (κ1) is 15.1. The van der Waals surface area contributed by atoms with E-state index in [0.29, 0.717) is 11.4 Å². The Morgan fingerprint density at radius 2 is 1.70 bits per heavy atom. The molecule has 5 heteroatoms. The summed E-state index contributed by atoms with van der Waals surface area (Å²) >= 11 is 3.42. The van der Waals surface area contributed by atoms with E-state index in [2.05, 4.69) is 21.2 Å². The van der Waals surface area contributed by atoms with Crippen LogP contribution in [0, 0.1) is 6.92 Å². The molecular formula is C15H16BrNO2S. The van der Waals surface area contributed by atoms with Crippen LogP contribution in [-0.2, 0) is 9.84 Å². The number of halogens is 1. The SMILES string of the molecule is Cc1ccc(S(=O)(=O)CCNc2ccccc2Br)cc1. The highest BCUT2D eigenvalue weighted by Crippen LogP contribution is 2.21. The third-order valence-corrected chi connectivity index (χ3v) is 5.36. The van der Waals surface area contributed by atoms with E-state index in [4.69, 9.17) is 0 Å². The van der Waals surface area contributed by atoms with E-state index in [1.165, 1.54) is 0 Å². The minimum Gasteiger partial charge on any atom is -0.383 e. The Hall–Kier alpha value is -1.33. The van der Waals surface area contributed by atoms with E-state index in [1.807, 2.05) is 43.3 Å². The van der Waals surface area contributed by atoms with E-state index in [-0.39, 0.29) is 5.75 Å². The Kier molecular flexibility index (Phi) is 4.83. The van der Waals surface area contributed by atoms with Crippen molar-refractivity contribution in [1.29, 1.82) is 0 Å². The lowest BCUT2D eigenvalue weighted by atomic mass is 10.2. The molecule has 0 radical (unpaired) electrons. The third kappa shape index (κ3) is 3.84. The predicted octanol–water partition coefficient (Wildman–Crippen LogP) is 3.64. The molecule has 0 aliphatic carbocycles. The van der Waals surface area contributed by atoms with Gasteiger partial charge in [0.15, 0.2) is 9.84 Å². The van der Waals surface area contributed by atoms with Gasteiger partial charge in [-0.25, -0.2) is 8.42 Å². The third-order valence-electron chi connectivity index (χ3n) is 2.94. The zero-order valence-electron chi connectivity index (χ0n) is 11.1. The highest BCUT2D eigenvalue weighted by Gasteiger charge is 2.13. The van der Waals surface area contributed by atoms with Gasteiger partial charge in [0, 0.05) is 16.7 Å². The summed E-state index contributed by atoms with van der Waals surface area (Å²) in [7, 11) is -3.24. The molecular weight excluding hydrogens is 338 g/mol. The molecule has 0 saturated carbocycles. The van der Waals surface area contributed by atoms with Gasteiger partial charge in [-0.2, -0.15) is 0 Å². The molecule has 2 aromatic carbocycles. The molecule has 0 spiro atoms. The van der Waals surface area contributed by atoms with Gasteiger partial charge in [-0.1, -0.05) is 29.8 Å². The molecule has 2 rings (SSSR count). The molecule has 0 heterocycles. The van der Waals surface area contributed by atoms with Crippen molar-refractivity contribution in [2.24, 2.45) is 0 Å². The molecule has 0 aromatic heterocycles. The fourth-order valence-electron chi connectivity index (χ4n) is 1.79. The van der Waals surface area contributed by atoms with Crippen molar-refractivity contribution in [3.63, 3.8) is 0 Å². The highest BCUT2D eigenvalue weighted by molar-refractivity contribution is 9.10. The average Bonchev–Trinajstić information content (AvgIpc) is 2.41. The minimum absolute atomic E-state index is 0.0669. The lowest BCUT2D eigenvalue weighted by molar-refractivity contribution is 0.596. The van der Waals surface area contributed by atoms with Crippen LogP contribution in [0.4, 0.5) is 5.69 Å². The van der Waals surface area contributed by atoms with Crippen molar-refractivity contribution in [2.45, 2.75) is 11.8 Å². The molecule has 0 saturated heterocycles. The van der Waals surface area contributed by atoms with Crippen molar-refractivity contribution in [1.82, 2.24) is 0 Å². The van der Waals surface area contributed by atoms with Gasteiger partial charge in [0.1, 0.15) is 0 Å². The maximum Gasteiger partial charge on any atom is 0.180 e. The molecule has 0 unspecified atom stereocenters. The van der Waals surface area contributed by atoms with Crippen LogP contribution >= 0.6 is 15.9 Å². The highest BCUT2D eigenvalue weighted by atomic mass is 79.9. The van der Waals surface area contributed by atoms with Crippen molar-refractivity contribution in [3.8, 4) is 0 Å². The van der Waals surface area contributed by atoms with Crippen LogP contribution in [0.5, 0.6) is 0 Å². The van der Waals surface area contributed by atoms with Gasteiger partial charge in [0.05, 0.1) is 10.6 Å². The second-order valence-electron chi connectivity index (χ2n) is 4.54. The summed E-state index contributed by atoms with van der Waals surface area (Å²) in [6.07, 6.45) is 0. The molecule has 3 nitrogen and oxygen atoms in total. The van der Waals surface area contributed by atoms with E-state index >= 15 is 0 Å².